The number of urea groups is 1. The zero-order chi connectivity index (χ0) is 21.8. The van der Waals surface area contributed by atoms with Crippen molar-refractivity contribution in [1.29, 1.82) is 0 Å². The molecule has 3 N–H and O–H groups in total. The van der Waals surface area contributed by atoms with Gasteiger partial charge in [0.05, 0.1) is 15.2 Å². The first-order valence-corrected chi connectivity index (χ1v) is 11.3. The van der Waals surface area contributed by atoms with Gasteiger partial charge >= 0.3 is 6.03 Å². The number of amides is 3. The van der Waals surface area contributed by atoms with Crippen molar-refractivity contribution in [3.05, 3.63) is 52.7 Å². The van der Waals surface area contributed by atoms with Gasteiger partial charge in [0.15, 0.2) is 0 Å². The maximum atomic E-state index is 12.6. The lowest BCUT2D eigenvalue weighted by Crippen LogP contribution is -2.55. The first kappa shape index (κ1) is 19.9. The number of hydrogen-bond acceptors (Lipinski definition) is 5. The maximum absolute atomic E-state index is 12.6. The van der Waals surface area contributed by atoms with E-state index in [4.69, 9.17) is 10.7 Å². The van der Waals surface area contributed by atoms with Crippen molar-refractivity contribution in [2.45, 2.75) is 44.6 Å². The van der Waals surface area contributed by atoms with Crippen LogP contribution >= 0.6 is 11.3 Å². The molecule has 3 aromatic rings. The molecule has 2 aliphatic carbocycles. The first-order valence-electron chi connectivity index (χ1n) is 10.5. The summed E-state index contributed by atoms with van der Waals surface area (Å²) in [6.45, 7) is 2.10. The van der Waals surface area contributed by atoms with E-state index in [-0.39, 0.29) is 11.9 Å². The molecule has 0 aliphatic heterocycles. The summed E-state index contributed by atoms with van der Waals surface area (Å²) in [5, 5.41) is 4.37. The molecule has 7 nitrogen and oxygen atoms in total. The van der Waals surface area contributed by atoms with E-state index in [1.54, 1.807) is 12.1 Å². The summed E-state index contributed by atoms with van der Waals surface area (Å²) in [6.07, 6.45) is 5.85. The Balaban J connectivity index is 1.16. The average molecular weight is 436 g/mol. The topological polar surface area (TPSA) is 101 Å². The minimum atomic E-state index is -0.617. The number of thiazole rings is 1. The van der Waals surface area contributed by atoms with Crippen LogP contribution in [-0.4, -0.2) is 35.0 Å². The van der Waals surface area contributed by atoms with Crippen molar-refractivity contribution in [2.75, 3.05) is 11.9 Å². The number of benzene rings is 1. The Morgan fingerprint density at radius 2 is 1.97 bits per heavy atom. The van der Waals surface area contributed by atoms with Crippen LogP contribution in [0, 0.1) is 12.3 Å². The molecule has 0 unspecified atom stereocenters. The molecule has 3 amide bonds. The summed E-state index contributed by atoms with van der Waals surface area (Å²) >= 11 is 1.82. The normalized spacial score (nSPS) is 24.5. The zero-order valence-corrected chi connectivity index (χ0v) is 18.4. The molecular formula is C23H25N5O2S. The number of hydrogen-bond donors (Lipinski definition) is 2. The van der Waals surface area contributed by atoms with Gasteiger partial charge in [-0.1, -0.05) is 6.07 Å². The SMILES string of the molecule is Cc1ccc2sc(C3CC4(CC(NC(=O)c5ccnc(N(C)C(N)=O)c5)C4)C3)nc2c1. The Morgan fingerprint density at radius 1 is 1.19 bits per heavy atom. The maximum Gasteiger partial charge on any atom is 0.320 e. The van der Waals surface area contributed by atoms with Crippen molar-refractivity contribution >= 4 is 39.3 Å². The summed E-state index contributed by atoms with van der Waals surface area (Å²) in [6, 6.07) is 9.28. The first-order chi connectivity index (χ1) is 14.8. The molecular weight excluding hydrogens is 410 g/mol. The number of fused-ring (bicyclic) bond motifs is 1. The Hall–Kier alpha value is -3.00. The molecule has 8 heteroatoms. The van der Waals surface area contributed by atoms with E-state index in [0.29, 0.717) is 22.7 Å². The Labute approximate surface area is 184 Å². The fourth-order valence-electron chi connectivity index (χ4n) is 4.94. The Bertz CT molecular complexity index is 1180. The zero-order valence-electron chi connectivity index (χ0n) is 17.6. The van der Waals surface area contributed by atoms with Gasteiger partial charge in [-0.25, -0.2) is 14.8 Å². The van der Waals surface area contributed by atoms with E-state index in [9.17, 15) is 9.59 Å². The number of pyridine rings is 1. The van der Waals surface area contributed by atoms with Crippen molar-refractivity contribution in [2.24, 2.45) is 11.1 Å². The van der Waals surface area contributed by atoms with Crippen LogP contribution in [0.4, 0.5) is 10.6 Å². The quantitative estimate of drug-likeness (QED) is 0.647. The smallest absolute Gasteiger partial charge is 0.320 e. The summed E-state index contributed by atoms with van der Waals surface area (Å²) in [7, 11) is 1.53. The molecule has 2 aliphatic rings. The molecule has 2 aromatic heterocycles. The van der Waals surface area contributed by atoms with Crippen molar-refractivity contribution < 1.29 is 9.59 Å². The number of rotatable bonds is 4. The van der Waals surface area contributed by atoms with Gasteiger partial charge in [0.25, 0.3) is 5.91 Å². The minimum Gasteiger partial charge on any atom is -0.351 e. The van der Waals surface area contributed by atoms with E-state index in [1.165, 1.54) is 33.4 Å². The fraction of sp³-hybridized carbons (Fsp3) is 0.391. The predicted molar refractivity (Wildman–Crippen MR) is 121 cm³/mol. The van der Waals surface area contributed by atoms with Gasteiger partial charge in [-0.05, 0) is 67.9 Å². The lowest BCUT2D eigenvalue weighted by Gasteiger charge is -2.57. The molecule has 160 valence electrons. The summed E-state index contributed by atoms with van der Waals surface area (Å²) in [5.74, 6) is 0.762. The average Bonchev–Trinajstić information content (AvgIpc) is 3.10. The van der Waals surface area contributed by atoms with Crippen LogP contribution in [0.3, 0.4) is 0 Å². The molecule has 2 saturated carbocycles. The monoisotopic (exact) mass is 435 g/mol. The third-order valence-electron chi connectivity index (χ3n) is 6.64. The lowest BCUT2D eigenvalue weighted by molar-refractivity contribution is -0.0187. The molecule has 2 heterocycles. The number of nitrogens with one attached hydrogen (secondary N) is 1. The molecule has 1 aromatic carbocycles. The van der Waals surface area contributed by atoms with Crippen LogP contribution in [0.2, 0.25) is 0 Å². The van der Waals surface area contributed by atoms with Gasteiger partial charge in [0, 0.05) is 30.8 Å². The lowest BCUT2D eigenvalue weighted by atomic mass is 9.50. The summed E-state index contributed by atoms with van der Waals surface area (Å²) in [4.78, 5) is 34.1. The second kappa shape index (κ2) is 7.30. The van der Waals surface area contributed by atoms with Crippen molar-refractivity contribution in [3.8, 4) is 0 Å². The van der Waals surface area contributed by atoms with E-state index in [1.807, 2.05) is 11.3 Å². The van der Waals surface area contributed by atoms with E-state index in [0.717, 1.165) is 31.2 Å². The third-order valence-corrected chi connectivity index (χ3v) is 7.84. The molecule has 0 radical (unpaired) electrons. The van der Waals surface area contributed by atoms with Gasteiger partial charge in [-0.15, -0.1) is 11.3 Å². The van der Waals surface area contributed by atoms with Crippen LogP contribution in [0.1, 0.15) is 52.5 Å². The van der Waals surface area contributed by atoms with Crippen LogP contribution < -0.4 is 16.0 Å². The van der Waals surface area contributed by atoms with Crippen LogP contribution in [-0.2, 0) is 0 Å². The number of nitrogens with zero attached hydrogens (tertiary/aromatic N) is 3. The highest BCUT2D eigenvalue weighted by Gasteiger charge is 2.54. The highest BCUT2D eigenvalue weighted by atomic mass is 32.1. The molecule has 0 bridgehead atoms. The van der Waals surface area contributed by atoms with Crippen LogP contribution in [0.25, 0.3) is 10.2 Å². The van der Waals surface area contributed by atoms with Crippen LogP contribution in [0.5, 0.6) is 0 Å². The molecule has 2 fully saturated rings. The summed E-state index contributed by atoms with van der Waals surface area (Å²) < 4.78 is 1.26. The number of nitrogens with two attached hydrogens (primary N) is 1. The highest BCUT2D eigenvalue weighted by Crippen LogP contribution is 2.62. The van der Waals surface area contributed by atoms with Crippen LogP contribution in [0.15, 0.2) is 36.5 Å². The minimum absolute atomic E-state index is 0.140. The van der Waals surface area contributed by atoms with Crippen molar-refractivity contribution in [3.63, 3.8) is 0 Å². The second-order valence-corrected chi connectivity index (χ2v) is 10.1. The Morgan fingerprint density at radius 3 is 2.71 bits per heavy atom. The fourth-order valence-corrected chi connectivity index (χ4v) is 5.98. The summed E-state index contributed by atoms with van der Waals surface area (Å²) in [5.41, 5.74) is 8.47. The van der Waals surface area contributed by atoms with Gasteiger partial charge in [-0.2, -0.15) is 0 Å². The molecule has 5 rings (SSSR count). The van der Waals surface area contributed by atoms with Gasteiger partial charge in [0.2, 0.25) is 0 Å². The molecule has 1 spiro atoms. The number of carbonyl (C=O) groups is 2. The number of aromatic nitrogens is 2. The number of primary amides is 1. The second-order valence-electron chi connectivity index (χ2n) is 9.01. The number of anilines is 1. The molecule has 31 heavy (non-hydrogen) atoms. The third kappa shape index (κ3) is 3.65. The standard InChI is InChI=1S/C23H25N5O2S/c1-13-3-4-18-17(7-13)27-21(31-18)15-9-23(10-15)11-16(12-23)26-20(29)14-5-6-25-19(8-14)28(2)22(24)30/h3-8,15-16H,9-12H2,1-2H3,(H2,24,30)(H,26,29). The predicted octanol–water partition coefficient (Wildman–Crippen LogP) is 3.97. The largest absolute Gasteiger partial charge is 0.351 e. The van der Waals surface area contributed by atoms with E-state index < -0.39 is 6.03 Å². The highest BCUT2D eigenvalue weighted by molar-refractivity contribution is 7.18. The van der Waals surface area contributed by atoms with E-state index >= 15 is 0 Å². The van der Waals surface area contributed by atoms with Crippen molar-refractivity contribution in [1.82, 2.24) is 15.3 Å². The van der Waals surface area contributed by atoms with Gasteiger partial charge < -0.3 is 11.1 Å². The van der Waals surface area contributed by atoms with Gasteiger partial charge in [-0.3, -0.25) is 9.69 Å². The molecule has 0 atom stereocenters. The van der Waals surface area contributed by atoms with Gasteiger partial charge in [0.1, 0.15) is 5.82 Å². The number of carbonyl (C=O) groups excluding carboxylic acids is 2. The Kier molecular flexibility index (Phi) is 4.69. The molecule has 0 saturated heterocycles. The van der Waals surface area contributed by atoms with E-state index in [2.05, 4.69) is 35.4 Å². The number of aryl methyl sites for hydroxylation is 1.